The maximum absolute atomic E-state index is 12.7. The Bertz CT molecular complexity index is 522. The Morgan fingerprint density at radius 2 is 2.05 bits per heavy atom. The van der Waals surface area contributed by atoms with E-state index < -0.39 is 42.1 Å². The fourth-order valence-electron chi connectivity index (χ4n) is 1.51. The van der Waals surface area contributed by atoms with Gasteiger partial charge in [-0.25, -0.2) is 4.79 Å². The molecule has 0 fully saturated rings. The average Bonchev–Trinajstić information content (AvgIpc) is 2.30. The van der Waals surface area contributed by atoms with Crippen LogP contribution in [0.2, 0.25) is 0 Å². The third kappa shape index (κ3) is 3.34. The number of carbonyl (C=O) groups is 1. The van der Waals surface area contributed by atoms with Gasteiger partial charge in [-0.2, -0.15) is 13.2 Å². The van der Waals surface area contributed by atoms with Gasteiger partial charge >= 0.3 is 12.1 Å². The summed E-state index contributed by atoms with van der Waals surface area (Å²) in [5.41, 5.74) is -2.86. The molecule has 19 heavy (non-hydrogen) atoms. The van der Waals surface area contributed by atoms with Gasteiger partial charge in [0.25, 0.3) is 5.56 Å². The number of pyridine rings is 1. The summed E-state index contributed by atoms with van der Waals surface area (Å²) in [6, 6.07) is 1.39. The molecule has 0 amide bonds. The van der Waals surface area contributed by atoms with E-state index in [4.69, 9.17) is 5.11 Å². The predicted molar refractivity (Wildman–Crippen MR) is 58.7 cm³/mol. The molecule has 0 atom stereocenters. The number of aliphatic hydroxyl groups is 1. The highest BCUT2D eigenvalue weighted by molar-refractivity contribution is 5.88. The van der Waals surface area contributed by atoms with E-state index in [1.165, 1.54) is 6.92 Å². The first-order valence-electron chi connectivity index (χ1n) is 5.42. The van der Waals surface area contributed by atoms with Gasteiger partial charge in [-0.1, -0.05) is 0 Å². The van der Waals surface area contributed by atoms with Gasteiger partial charge in [0.15, 0.2) is 0 Å². The fourth-order valence-corrected chi connectivity index (χ4v) is 1.51. The van der Waals surface area contributed by atoms with E-state index in [-0.39, 0.29) is 6.61 Å². The zero-order valence-electron chi connectivity index (χ0n) is 10.0. The lowest BCUT2D eigenvalue weighted by Crippen LogP contribution is -2.33. The van der Waals surface area contributed by atoms with Crippen LogP contribution >= 0.6 is 0 Å². The highest BCUT2D eigenvalue weighted by Gasteiger charge is 2.35. The number of aromatic nitrogens is 1. The second kappa shape index (κ2) is 5.87. The SMILES string of the molecule is CCOC(=O)c1ccc(C(F)(F)F)n(CCO)c1=O. The highest BCUT2D eigenvalue weighted by Crippen LogP contribution is 2.28. The molecular weight excluding hydrogens is 267 g/mol. The van der Waals surface area contributed by atoms with Gasteiger partial charge in [0.2, 0.25) is 0 Å². The van der Waals surface area contributed by atoms with Crippen molar-refractivity contribution in [1.82, 2.24) is 4.57 Å². The third-order valence-electron chi connectivity index (χ3n) is 2.28. The van der Waals surface area contributed by atoms with Gasteiger partial charge in [0.1, 0.15) is 11.3 Å². The second-order valence-corrected chi connectivity index (χ2v) is 3.53. The van der Waals surface area contributed by atoms with E-state index >= 15 is 0 Å². The minimum Gasteiger partial charge on any atom is -0.462 e. The number of carbonyl (C=O) groups excluding carboxylic acids is 1. The molecule has 0 aromatic carbocycles. The quantitative estimate of drug-likeness (QED) is 0.836. The van der Waals surface area contributed by atoms with Gasteiger partial charge in [-0.05, 0) is 19.1 Å². The van der Waals surface area contributed by atoms with Crippen LogP contribution in [0, 0.1) is 0 Å². The standard InChI is InChI=1S/C11H12F3NO4/c1-2-19-10(18)7-3-4-8(11(12,13)14)15(5-6-16)9(7)17/h3-4,16H,2,5-6H2,1H3. The van der Waals surface area contributed by atoms with Crippen molar-refractivity contribution in [3.8, 4) is 0 Å². The second-order valence-electron chi connectivity index (χ2n) is 3.53. The summed E-state index contributed by atoms with van der Waals surface area (Å²) in [5, 5.41) is 8.72. The van der Waals surface area contributed by atoms with Crippen LogP contribution in [0.15, 0.2) is 16.9 Å². The summed E-state index contributed by atoms with van der Waals surface area (Å²) in [6.07, 6.45) is -4.75. The molecule has 0 bridgehead atoms. The lowest BCUT2D eigenvalue weighted by atomic mass is 10.2. The zero-order chi connectivity index (χ0) is 14.6. The van der Waals surface area contributed by atoms with E-state index in [9.17, 15) is 22.8 Å². The first-order valence-corrected chi connectivity index (χ1v) is 5.42. The lowest BCUT2D eigenvalue weighted by molar-refractivity contribution is -0.144. The van der Waals surface area contributed by atoms with Gasteiger partial charge < -0.3 is 14.4 Å². The summed E-state index contributed by atoms with van der Waals surface area (Å²) in [7, 11) is 0. The van der Waals surface area contributed by atoms with Crippen LogP contribution in [-0.2, 0) is 17.5 Å². The molecule has 0 spiro atoms. The van der Waals surface area contributed by atoms with Crippen LogP contribution in [-0.4, -0.2) is 28.9 Å². The third-order valence-corrected chi connectivity index (χ3v) is 2.28. The lowest BCUT2D eigenvalue weighted by Gasteiger charge is -2.15. The summed E-state index contributed by atoms with van der Waals surface area (Å²) in [6.45, 7) is 0.295. The molecule has 1 rings (SSSR count). The Labute approximate surface area is 106 Å². The highest BCUT2D eigenvalue weighted by atomic mass is 19.4. The normalized spacial score (nSPS) is 11.4. The number of aliphatic hydroxyl groups excluding tert-OH is 1. The molecule has 1 N–H and O–H groups in total. The molecule has 106 valence electrons. The van der Waals surface area contributed by atoms with E-state index in [0.29, 0.717) is 10.6 Å². The number of hydrogen-bond donors (Lipinski definition) is 1. The van der Waals surface area contributed by atoms with E-state index in [1.54, 1.807) is 0 Å². The summed E-state index contributed by atoms with van der Waals surface area (Å²) < 4.78 is 42.9. The predicted octanol–water partition coefficient (Wildman–Crippen LogP) is 1.04. The van der Waals surface area contributed by atoms with Crippen molar-refractivity contribution in [2.75, 3.05) is 13.2 Å². The molecular formula is C11H12F3NO4. The molecule has 1 aromatic rings. The monoisotopic (exact) mass is 279 g/mol. The first-order chi connectivity index (χ1) is 8.82. The fraction of sp³-hybridized carbons (Fsp3) is 0.455. The minimum atomic E-state index is -4.75. The molecule has 1 aromatic heterocycles. The smallest absolute Gasteiger partial charge is 0.431 e. The van der Waals surface area contributed by atoms with Gasteiger partial charge in [-0.3, -0.25) is 4.79 Å². The number of nitrogens with zero attached hydrogens (tertiary/aromatic N) is 1. The van der Waals surface area contributed by atoms with E-state index in [1.807, 2.05) is 0 Å². The molecule has 0 radical (unpaired) electrons. The maximum Gasteiger partial charge on any atom is 0.431 e. The molecule has 1 heterocycles. The van der Waals surface area contributed by atoms with E-state index in [0.717, 1.165) is 6.07 Å². The number of esters is 1. The van der Waals surface area contributed by atoms with E-state index in [2.05, 4.69) is 4.74 Å². The van der Waals surface area contributed by atoms with Crippen LogP contribution in [0.25, 0.3) is 0 Å². The van der Waals surface area contributed by atoms with Crippen molar-refractivity contribution >= 4 is 5.97 Å². The Hall–Kier alpha value is -1.83. The van der Waals surface area contributed by atoms with Crippen molar-refractivity contribution in [1.29, 1.82) is 0 Å². The van der Waals surface area contributed by atoms with Gasteiger partial charge in [0.05, 0.1) is 13.2 Å². The van der Waals surface area contributed by atoms with Crippen molar-refractivity contribution in [2.24, 2.45) is 0 Å². The molecule has 8 heteroatoms. The first kappa shape index (κ1) is 15.2. The van der Waals surface area contributed by atoms with Crippen LogP contribution in [0.3, 0.4) is 0 Å². The summed E-state index contributed by atoms with van der Waals surface area (Å²) in [4.78, 5) is 23.2. The number of rotatable bonds is 4. The van der Waals surface area contributed by atoms with Crippen molar-refractivity contribution in [3.05, 3.63) is 33.7 Å². The molecule has 0 unspecified atom stereocenters. The minimum absolute atomic E-state index is 0.000699. The number of halogens is 3. The van der Waals surface area contributed by atoms with Gasteiger partial charge in [-0.15, -0.1) is 0 Å². The van der Waals surface area contributed by atoms with Crippen LogP contribution in [0.1, 0.15) is 23.0 Å². The van der Waals surface area contributed by atoms with Crippen molar-refractivity contribution < 1.29 is 27.8 Å². The number of hydrogen-bond acceptors (Lipinski definition) is 4. The Balaban J connectivity index is 3.39. The molecule has 0 aliphatic heterocycles. The Morgan fingerprint density at radius 1 is 1.42 bits per heavy atom. The summed E-state index contributed by atoms with van der Waals surface area (Å²) in [5.74, 6) is -0.993. The molecule has 0 saturated carbocycles. The van der Waals surface area contributed by atoms with Gasteiger partial charge in [0, 0.05) is 6.54 Å². The average molecular weight is 279 g/mol. The van der Waals surface area contributed by atoms with Crippen molar-refractivity contribution in [2.45, 2.75) is 19.6 Å². The Morgan fingerprint density at radius 3 is 2.53 bits per heavy atom. The van der Waals surface area contributed by atoms with Crippen LogP contribution < -0.4 is 5.56 Å². The number of ether oxygens (including phenoxy) is 1. The molecule has 0 aliphatic carbocycles. The Kier molecular flexibility index (Phi) is 4.71. The summed E-state index contributed by atoms with van der Waals surface area (Å²) >= 11 is 0. The molecule has 0 saturated heterocycles. The van der Waals surface area contributed by atoms with Crippen molar-refractivity contribution in [3.63, 3.8) is 0 Å². The van der Waals surface area contributed by atoms with Crippen LogP contribution in [0.5, 0.6) is 0 Å². The number of alkyl halides is 3. The van der Waals surface area contributed by atoms with Crippen LogP contribution in [0.4, 0.5) is 13.2 Å². The largest absolute Gasteiger partial charge is 0.462 e. The molecule has 5 nitrogen and oxygen atoms in total. The molecule has 0 aliphatic rings. The zero-order valence-corrected chi connectivity index (χ0v) is 10.0. The topological polar surface area (TPSA) is 68.5 Å². The maximum atomic E-state index is 12.7.